The lowest BCUT2D eigenvalue weighted by Gasteiger charge is -2.01. The first-order chi connectivity index (χ1) is 8.06. The Hall–Kier alpha value is -2.24. The third-order valence-corrected chi connectivity index (χ3v) is 1.76. The summed E-state index contributed by atoms with van der Waals surface area (Å²) in [5, 5.41) is 9.34. The second-order valence-electron chi connectivity index (χ2n) is 2.97. The van der Waals surface area contributed by atoms with Crippen LogP contribution >= 0.6 is 0 Å². The van der Waals surface area contributed by atoms with Crippen LogP contribution in [0.3, 0.4) is 0 Å². The average Bonchev–Trinajstić information content (AvgIpc) is 2.28. The van der Waals surface area contributed by atoms with E-state index in [1.165, 1.54) is 13.2 Å². The molecule has 17 heavy (non-hydrogen) atoms. The molecule has 1 aromatic rings. The minimum Gasteiger partial charge on any atom is -0.502 e. The van der Waals surface area contributed by atoms with Gasteiger partial charge in [0.25, 0.3) is 0 Å². The van der Waals surface area contributed by atoms with Crippen molar-refractivity contribution in [3.8, 4) is 5.75 Å². The van der Waals surface area contributed by atoms with Crippen molar-refractivity contribution in [2.45, 2.75) is 6.92 Å². The lowest BCUT2D eigenvalue weighted by atomic mass is 10.3. The van der Waals surface area contributed by atoms with Gasteiger partial charge in [-0.2, -0.15) is 0 Å². The molecule has 1 aromatic heterocycles. The predicted octanol–water partition coefficient (Wildman–Crippen LogP) is 1.11. The number of rotatable bonds is 4. The molecule has 0 saturated carbocycles. The molecule has 1 N–H and O–H groups in total. The zero-order chi connectivity index (χ0) is 12.8. The third-order valence-electron chi connectivity index (χ3n) is 1.76. The summed E-state index contributed by atoms with van der Waals surface area (Å²) in [5.41, 5.74) is -0.646. The number of aliphatic hydroxyl groups excluding tert-OH is 1. The van der Waals surface area contributed by atoms with Gasteiger partial charge in [-0.3, -0.25) is 0 Å². The molecule has 0 radical (unpaired) electrons. The molecular formula is C11H12O6. The fraction of sp³-hybridized carbons (Fsp3) is 0.273. The van der Waals surface area contributed by atoms with E-state index in [4.69, 9.17) is 9.15 Å². The zero-order valence-electron chi connectivity index (χ0n) is 9.43. The Labute approximate surface area is 97.1 Å². The second kappa shape index (κ2) is 5.74. The molecule has 0 fully saturated rings. The predicted molar refractivity (Wildman–Crippen MR) is 58.8 cm³/mol. The molecule has 1 heterocycles. The first kappa shape index (κ1) is 12.8. The van der Waals surface area contributed by atoms with Crippen LogP contribution in [-0.4, -0.2) is 24.8 Å². The van der Waals surface area contributed by atoms with Gasteiger partial charge in [0.15, 0.2) is 0 Å². The quantitative estimate of drug-likeness (QED) is 0.482. The number of esters is 1. The molecule has 0 saturated heterocycles. The van der Waals surface area contributed by atoms with E-state index in [1.54, 1.807) is 6.92 Å². The van der Waals surface area contributed by atoms with Gasteiger partial charge in [-0.1, -0.05) is 0 Å². The molecule has 0 aromatic carbocycles. The van der Waals surface area contributed by atoms with E-state index >= 15 is 0 Å². The van der Waals surface area contributed by atoms with Crippen LogP contribution in [0.5, 0.6) is 5.75 Å². The van der Waals surface area contributed by atoms with Crippen LogP contribution < -0.4 is 10.4 Å². The molecule has 0 aliphatic heterocycles. The number of aliphatic hydroxyl groups is 1. The highest BCUT2D eigenvalue weighted by molar-refractivity contribution is 5.90. The number of carbonyl (C=O) groups excluding carboxylic acids is 1. The van der Waals surface area contributed by atoms with Crippen LogP contribution in [0, 0.1) is 0 Å². The van der Waals surface area contributed by atoms with E-state index in [9.17, 15) is 14.7 Å². The van der Waals surface area contributed by atoms with E-state index in [0.29, 0.717) is 0 Å². The lowest BCUT2D eigenvalue weighted by Crippen LogP contribution is -2.07. The van der Waals surface area contributed by atoms with Crippen LogP contribution in [0.15, 0.2) is 27.1 Å². The van der Waals surface area contributed by atoms with Crippen molar-refractivity contribution >= 4 is 12.0 Å². The fourth-order valence-electron chi connectivity index (χ4n) is 1.06. The van der Waals surface area contributed by atoms with E-state index in [2.05, 4.69) is 4.74 Å². The van der Waals surface area contributed by atoms with Crippen LogP contribution in [-0.2, 0) is 9.53 Å². The lowest BCUT2D eigenvalue weighted by molar-refractivity contribution is -0.141. The molecule has 0 spiro atoms. The van der Waals surface area contributed by atoms with Gasteiger partial charge < -0.3 is 19.0 Å². The van der Waals surface area contributed by atoms with Crippen LogP contribution in [0.2, 0.25) is 0 Å². The van der Waals surface area contributed by atoms with E-state index in [0.717, 1.165) is 12.1 Å². The number of hydrogen-bond donors (Lipinski definition) is 1. The molecule has 6 nitrogen and oxygen atoms in total. The minimum atomic E-state index is -0.891. The Morgan fingerprint density at radius 1 is 1.53 bits per heavy atom. The van der Waals surface area contributed by atoms with Gasteiger partial charge in [-0.25, -0.2) is 9.59 Å². The van der Waals surface area contributed by atoms with Gasteiger partial charge in [0.05, 0.1) is 19.8 Å². The van der Waals surface area contributed by atoms with Crippen molar-refractivity contribution in [2.75, 3.05) is 13.7 Å². The van der Waals surface area contributed by atoms with Gasteiger partial charge in [0.1, 0.15) is 11.5 Å². The minimum absolute atomic E-state index is 0.0000898. The highest BCUT2D eigenvalue weighted by Gasteiger charge is 2.09. The molecule has 0 aliphatic carbocycles. The van der Waals surface area contributed by atoms with Crippen molar-refractivity contribution in [3.05, 3.63) is 34.1 Å². The van der Waals surface area contributed by atoms with Crippen molar-refractivity contribution < 1.29 is 23.8 Å². The first-order valence-corrected chi connectivity index (χ1v) is 4.83. The Morgan fingerprint density at radius 3 is 2.82 bits per heavy atom. The van der Waals surface area contributed by atoms with Crippen LogP contribution in [0.4, 0.5) is 0 Å². The number of methoxy groups -OCH3 is 1. The molecular weight excluding hydrogens is 228 g/mol. The summed E-state index contributed by atoms with van der Waals surface area (Å²) >= 11 is 0. The summed E-state index contributed by atoms with van der Waals surface area (Å²) in [6.45, 7) is 1.75. The monoisotopic (exact) mass is 240 g/mol. The second-order valence-corrected chi connectivity index (χ2v) is 2.97. The number of ether oxygens (including phenoxy) is 2. The van der Waals surface area contributed by atoms with Gasteiger partial charge in [0, 0.05) is 12.1 Å². The van der Waals surface area contributed by atoms with Crippen LogP contribution in [0.1, 0.15) is 12.7 Å². The van der Waals surface area contributed by atoms with Crippen LogP contribution in [0.25, 0.3) is 6.08 Å². The molecule has 1 rings (SSSR count). The Balaban J connectivity index is 3.01. The summed E-state index contributed by atoms with van der Waals surface area (Å²) < 4.78 is 14.1. The van der Waals surface area contributed by atoms with Gasteiger partial charge in [-0.15, -0.1) is 0 Å². The largest absolute Gasteiger partial charge is 0.502 e. The normalized spacial score (nSPS) is 11.1. The number of hydrogen-bond acceptors (Lipinski definition) is 6. The highest BCUT2D eigenvalue weighted by atomic mass is 16.5. The highest BCUT2D eigenvalue weighted by Crippen LogP contribution is 2.12. The first-order valence-electron chi connectivity index (χ1n) is 4.83. The van der Waals surface area contributed by atoms with Gasteiger partial charge in [-0.05, 0) is 6.92 Å². The Morgan fingerprint density at radius 2 is 2.24 bits per heavy atom. The smallest absolute Gasteiger partial charge is 0.373 e. The summed E-state index contributed by atoms with van der Waals surface area (Å²) in [7, 11) is 1.38. The Kier molecular flexibility index (Phi) is 4.33. The molecule has 0 aliphatic rings. The molecule has 0 amide bonds. The van der Waals surface area contributed by atoms with E-state index < -0.39 is 17.4 Å². The van der Waals surface area contributed by atoms with Crippen molar-refractivity contribution in [1.82, 2.24) is 0 Å². The summed E-state index contributed by atoms with van der Waals surface area (Å²) in [6, 6.07) is 2.50. The summed E-state index contributed by atoms with van der Waals surface area (Å²) in [6.07, 6.45) is 0.988. The van der Waals surface area contributed by atoms with Crippen molar-refractivity contribution in [3.63, 3.8) is 0 Å². The van der Waals surface area contributed by atoms with Crippen molar-refractivity contribution in [1.29, 1.82) is 0 Å². The maximum atomic E-state index is 11.1. The maximum absolute atomic E-state index is 11.1. The van der Waals surface area contributed by atoms with Gasteiger partial charge >= 0.3 is 11.6 Å². The Bertz CT molecular complexity index is 485. The molecule has 6 heteroatoms. The van der Waals surface area contributed by atoms with E-state index in [-0.39, 0.29) is 18.1 Å². The molecule has 92 valence electrons. The van der Waals surface area contributed by atoms with Gasteiger partial charge in [0.2, 0.25) is 5.76 Å². The molecule has 0 bridgehead atoms. The molecule has 0 unspecified atom stereocenters. The summed E-state index contributed by atoms with van der Waals surface area (Å²) in [5.74, 6) is -1.27. The topological polar surface area (TPSA) is 86.0 Å². The zero-order valence-corrected chi connectivity index (χ0v) is 9.43. The standard InChI is InChI=1S/C11H12O6/c1-3-16-11(14)9(12)5-8-4-7(15-2)6-10(13)17-8/h4-6,12H,3H2,1-2H3/b9-5+. The summed E-state index contributed by atoms with van der Waals surface area (Å²) in [4.78, 5) is 22.2. The fourth-order valence-corrected chi connectivity index (χ4v) is 1.06. The molecule has 0 atom stereocenters. The number of carbonyl (C=O) groups is 1. The van der Waals surface area contributed by atoms with Crippen molar-refractivity contribution in [2.24, 2.45) is 0 Å². The maximum Gasteiger partial charge on any atom is 0.373 e. The average molecular weight is 240 g/mol. The third kappa shape index (κ3) is 3.67. The van der Waals surface area contributed by atoms with E-state index in [1.807, 2.05) is 0 Å². The SMILES string of the molecule is CCOC(=O)/C(O)=C\c1cc(OC)cc(=O)o1.